The van der Waals surface area contributed by atoms with Crippen LogP contribution >= 0.6 is 0 Å². The molecule has 0 aromatic carbocycles. The van der Waals surface area contributed by atoms with Crippen LogP contribution in [0.1, 0.15) is 18.3 Å². The Bertz CT molecular complexity index is 724. The van der Waals surface area contributed by atoms with E-state index in [1.165, 1.54) is 6.33 Å². The van der Waals surface area contributed by atoms with E-state index in [1.807, 2.05) is 12.1 Å². The van der Waals surface area contributed by atoms with Crippen molar-refractivity contribution in [2.45, 2.75) is 12.5 Å². The fraction of sp³-hybridized carbons (Fsp3) is 0.357. The van der Waals surface area contributed by atoms with Crippen molar-refractivity contribution >= 4 is 16.8 Å². The predicted molar refractivity (Wildman–Crippen MR) is 75.7 cm³/mol. The highest BCUT2D eigenvalue weighted by Gasteiger charge is 2.31. The number of nitrogens with zero attached hydrogens (tertiary/aromatic N) is 3. The van der Waals surface area contributed by atoms with Gasteiger partial charge in [-0.3, -0.25) is 5.10 Å². The first-order valence-corrected chi connectivity index (χ1v) is 6.95. The highest BCUT2D eigenvalue weighted by molar-refractivity contribution is 5.87. The van der Waals surface area contributed by atoms with Crippen LogP contribution in [0.2, 0.25) is 0 Å². The lowest BCUT2D eigenvalue weighted by Crippen LogP contribution is -2.19. The van der Waals surface area contributed by atoms with Crippen LogP contribution < -0.4 is 5.32 Å². The maximum atomic E-state index is 5.76. The number of aromatic amines is 1. The maximum absolute atomic E-state index is 5.76. The Morgan fingerprint density at radius 3 is 3.24 bits per heavy atom. The number of furan rings is 1. The zero-order chi connectivity index (χ0) is 14.1. The number of H-pyrrole nitrogens is 1. The molecular formula is C14H15N5O2. The van der Waals surface area contributed by atoms with E-state index < -0.39 is 0 Å². The van der Waals surface area contributed by atoms with Gasteiger partial charge < -0.3 is 14.5 Å². The summed E-state index contributed by atoms with van der Waals surface area (Å²) in [6.45, 7) is 1.50. The van der Waals surface area contributed by atoms with Gasteiger partial charge in [0.25, 0.3) is 0 Å². The second kappa shape index (κ2) is 5.17. The second-order valence-electron chi connectivity index (χ2n) is 5.08. The fourth-order valence-electron chi connectivity index (χ4n) is 2.76. The first kappa shape index (κ1) is 12.3. The van der Waals surface area contributed by atoms with Crippen LogP contribution in [0.5, 0.6) is 0 Å². The number of nitrogens with one attached hydrogen (secondary N) is 2. The van der Waals surface area contributed by atoms with Gasteiger partial charge in [0.05, 0.1) is 11.6 Å². The van der Waals surface area contributed by atoms with Crippen LogP contribution in [0.3, 0.4) is 0 Å². The van der Waals surface area contributed by atoms with Gasteiger partial charge in [0, 0.05) is 25.3 Å². The van der Waals surface area contributed by atoms with Crippen molar-refractivity contribution in [1.29, 1.82) is 0 Å². The molecule has 0 bridgehead atoms. The molecule has 1 aliphatic rings. The number of hydrogen-bond donors (Lipinski definition) is 2. The number of pyridine rings is 1. The number of ether oxygens (including phenoxy) is 1. The molecule has 0 spiro atoms. The Hall–Kier alpha value is -2.41. The predicted octanol–water partition coefficient (Wildman–Crippen LogP) is 2.14. The SMILES string of the molecule is c1n[nH]c([C@H]2OCC[C@H]2CNc2nccc3occc23)n1. The number of anilines is 1. The summed E-state index contributed by atoms with van der Waals surface area (Å²) in [6, 6.07) is 3.78. The summed E-state index contributed by atoms with van der Waals surface area (Å²) in [6.07, 6.45) is 5.87. The van der Waals surface area contributed by atoms with Crippen molar-refractivity contribution in [2.75, 3.05) is 18.5 Å². The van der Waals surface area contributed by atoms with Gasteiger partial charge in [0.2, 0.25) is 0 Å². The van der Waals surface area contributed by atoms with Gasteiger partial charge in [-0.1, -0.05) is 0 Å². The van der Waals surface area contributed by atoms with Crippen molar-refractivity contribution in [2.24, 2.45) is 5.92 Å². The van der Waals surface area contributed by atoms with Crippen LogP contribution in [0.4, 0.5) is 5.82 Å². The zero-order valence-corrected chi connectivity index (χ0v) is 11.3. The average Bonchev–Trinajstić information content (AvgIpc) is 3.23. The summed E-state index contributed by atoms with van der Waals surface area (Å²) >= 11 is 0. The van der Waals surface area contributed by atoms with Crippen LogP contribution in [-0.4, -0.2) is 33.3 Å². The molecule has 2 atom stereocenters. The molecule has 108 valence electrons. The van der Waals surface area contributed by atoms with E-state index in [4.69, 9.17) is 9.15 Å². The molecule has 0 aliphatic carbocycles. The van der Waals surface area contributed by atoms with E-state index in [1.54, 1.807) is 12.5 Å². The Kier molecular flexibility index (Phi) is 3.04. The van der Waals surface area contributed by atoms with Gasteiger partial charge in [-0.25, -0.2) is 9.97 Å². The third kappa shape index (κ3) is 2.25. The minimum absolute atomic E-state index is 0.0384. The summed E-state index contributed by atoms with van der Waals surface area (Å²) in [7, 11) is 0. The third-order valence-corrected chi connectivity index (χ3v) is 3.83. The molecule has 1 fully saturated rings. The van der Waals surface area contributed by atoms with Crippen LogP contribution in [0, 0.1) is 5.92 Å². The first-order valence-electron chi connectivity index (χ1n) is 6.95. The van der Waals surface area contributed by atoms with Gasteiger partial charge in [-0.05, 0) is 18.6 Å². The lowest BCUT2D eigenvalue weighted by atomic mass is 10.0. The number of rotatable bonds is 4. The highest BCUT2D eigenvalue weighted by Crippen LogP contribution is 2.33. The van der Waals surface area contributed by atoms with Crippen LogP contribution in [-0.2, 0) is 4.74 Å². The lowest BCUT2D eigenvalue weighted by molar-refractivity contribution is 0.0864. The van der Waals surface area contributed by atoms with E-state index in [2.05, 4.69) is 25.5 Å². The molecule has 21 heavy (non-hydrogen) atoms. The van der Waals surface area contributed by atoms with Gasteiger partial charge >= 0.3 is 0 Å². The van der Waals surface area contributed by atoms with E-state index in [0.29, 0.717) is 5.92 Å². The Labute approximate surface area is 120 Å². The van der Waals surface area contributed by atoms with Crippen molar-refractivity contribution in [1.82, 2.24) is 20.2 Å². The third-order valence-electron chi connectivity index (χ3n) is 3.83. The molecule has 0 amide bonds. The maximum Gasteiger partial charge on any atom is 0.153 e. The molecular weight excluding hydrogens is 270 g/mol. The van der Waals surface area contributed by atoms with Crippen molar-refractivity contribution in [3.63, 3.8) is 0 Å². The van der Waals surface area contributed by atoms with E-state index in [9.17, 15) is 0 Å². The van der Waals surface area contributed by atoms with Crippen molar-refractivity contribution in [3.05, 3.63) is 36.7 Å². The molecule has 3 aromatic rings. The summed E-state index contributed by atoms with van der Waals surface area (Å²) < 4.78 is 11.1. The van der Waals surface area contributed by atoms with Gasteiger partial charge in [0.15, 0.2) is 5.82 Å². The standard InChI is InChI=1S/C14H15N5O2/c1-4-15-13(10-3-6-20-11(1)10)16-7-9-2-5-21-12(9)14-17-8-18-19-14/h1,3-4,6,8-9,12H,2,5,7H2,(H,15,16)(H,17,18,19)/t9-,12-/m0/s1. The molecule has 1 aliphatic heterocycles. The lowest BCUT2D eigenvalue weighted by Gasteiger charge is -2.17. The quantitative estimate of drug-likeness (QED) is 0.763. The molecule has 0 saturated carbocycles. The smallest absolute Gasteiger partial charge is 0.153 e. The zero-order valence-electron chi connectivity index (χ0n) is 11.3. The molecule has 7 nitrogen and oxygen atoms in total. The first-order chi connectivity index (χ1) is 10.4. The Morgan fingerprint density at radius 1 is 1.33 bits per heavy atom. The monoisotopic (exact) mass is 285 g/mol. The largest absolute Gasteiger partial charge is 0.464 e. The van der Waals surface area contributed by atoms with Crippen LogP contribution in [0.15, 0.2) is 35.3 Å². The molecule has 0 unspecified atom stereocenters. The second-order valence-corrected chi connectivity index (χ2v) is 5.08. The molecule has 0 radical (unpaired) electrons. The minimum Gasteiger partial charge on any atom is -0.464 e. The molecule has 4 heterocycles. The van der Waals surface area contributed by atoms with Crippen molar-refractivity contribution < 1.29 is 9.15 Å². The minimum atomic E-state index is -0.0384. The fourth-order valence-corrected chi connectivity index (χ4v) is 2.76. The average molecular weight is 285 g/mol. The van der Waals surface area contributed by atoms with Gasteiger partial charge in [-0.2, -0.15) is 5.10 Å². The molecule has 2 N–H and O–H groups in total. The summed E-state index contributed by atoms with van der Waals surface area (Å²) in [5.41, 5.74) is 0.835. The number of aromatic nitrogens is 4. The highest BCUT2D eigenvalue weighted by atomic mass is 16.5. The number of fused-ring (bicyclic) bond motifs is 1. The van der Waals surface area contributed by atoms with Crippen molar-refractivity contribution in [3.8, 4) is 0 Å². The normalized spacial score (nSPS) is 21.9. The van der Waals surface area contributed by atoms with Gasteiger partial charge in [0.1, 0.15) is 23.8 Å². The number of hydrogen-bond acceptors (Lipinski definition) is 6. The molecule has 7 heteroatoms. The van der Waals surface area contributed by atoms with E-state index in [0.717, 1.165) is 42.2 Å². The molecule has 4 rings (SSSR count). The van der Waals surface area contributed by atoms with E-state index in [-0.39, 0.29) is 6.10 Å². The molecule has 3 aromatic heterocycles. The molecule has 1 saturated heterocycles. The van der Waals surface area contributed by atoms with E-state index >= 15 is 0 Å². The summed E-state index contributed by atoms with van der Waals surface area (Å²) in [4.78, 5) is 8.58. The summed E-state index contributed by atoms with van der Waals surface area (Å²) in [5, 5.41) is 11.2. The van der Waals surface area contributed by atoms with Crippen LogP contribution in [0.25, 0.3) is 11.0 Å². The topological polar surface area (TPSA) is 88.9 Å². The Balaban J connectivity index is 1.50. The van der Waals surface area contributed by atoms with Gasteiger partial charge in [-0.15, -0.1) is 0 Å². The summed E-state index contributed by atoms with van der Waals surface area (Å²) in [5.74, 6) is 1.96. The Morgan fingerprint density at radius 2 is 2.33 bits per heavy atom.